The van der Waals surface area contributed by atoms with Gasteiger partial charge in [-0.1, -0.05) is 44.3 Å². The SMILES string of the molecule is CCc1nnc(Nc2ccccc2)c(C(N)=S)c1CC. The lowest BCUT2D eigenvalue weighted by atomic mass is 10.0. The fourth-order valence-electron chi connectivity index (χ4n) is 2.18. The summed E-state index contributed by atoms with van der Waals surface area (Å²) in [6.45, 7) is 4.13. The van der Waals surface area contributed by atoms with Crippen molar-refractivity contribution in [3.8, 4) is 0 Å². The van der Waals surface area contributed by atoms with Gasteiger partial charge in [-0.05, 0) is 30.5 Å². The monoisotopic (exact) mass is 286 g/mol. The zero-order valence-corrected chi connectivity index (χ0v) is 12.5. The normalized spacial score (nSPS) is 10.3. The average molecular weight is 286 g/mol. The molecular weight excluding hydrogens is 268 g/mol. The van der Waals surface area contributed by atoms with E-state index >= 15 is 0 Å². The van der Waals surface area contributed by atoms with Crippen LogP contribution in [0.25, 0.3) is 0 Å². The summed E-state index contributed by atoms with van der Waals surface area (Å²) >= 11 is 5.20. The lowest BCUT2D eigenvalue weighted by molar-refractivity contribution is 0.879. The van der Waals surface area contributed by atoms with Crippen LogP contribution in [0.5, 0.6) is 0 Å². The van der Waals surface area contributed by atoms with Gasteiger partial charge in [0.1, 0.15) is 4.99 Å². The minimum Gasteiger partial charge on any atom is -0.389 e. The van der Waals surface area contributed by atoms with E-state index in [1.807, 2.05) is 30.3 Å². The van der Waals surface area contributed by atoms with Crippen molar-refractivity contribution >= 4 is 28.7 Å². The Bertz CT molecular complexity index is 611. The summed E-state index contributed by atoms with van der Waals surface area (Å²) < 4.78 is 0. The van der Waals surface area contributed by atoms with E-state index in [9.17, 15) is 0 Å². The summed E-state index contributed by atoms with van der Waals surface area (Å²) in [4.78, 5) is 0.352. The number of aryl methyl sites for hydroxylation is 1. The highest BCUT2D eigenvalue weighted by Gasteiger charge is 2.16. The van der Waals surface area contributed by atoms with Gasteiger partial charge in [-0.15, -0.1) is 5.10 Å². The van der Waals surface area contributed by atoms with Gasteiger partial charge in [-0.2, -0.15) is 5.10 Å². The van der Waals surface area contributed by atoms with Crippen LogP contribution < -0.4 is 11.1 Å². The molecule has 0 aliphatic rings. The van der Waals surface area contributed by atoms with E-state index in [1.165, 1.54) is 0 Å². The average Bonchev–Trinajstić information content (AvgIpc) is 2.47. The zero-order chi connectivity index (χ0) is 14.5. The number of aromatic nitrogens is 2. The van der Waals surface area contributed by atoms with Gasteiger partial charge in [0, 0.05) is 5.69 Å². The number of anilines is 2. The van der Waals surface area contributed by atoms with Gasteiger partial charge in [0.25, 0.3) is 0 Å². The van der Waals surface area contributed by atoms with Crippen molar-refractivity contribution in [2.75, 3.05) is 5.32 Å². The Morgan fingerprint density at radius 3 is 2.40 bits per heavy atom. The summed E-state index contributed by atoms with van der Waals surface area (Å²) in [5.74, 6) is 0.623. The lowest BCUT2D eigenvalue weighted by Crippen LogP contribution is -2.18. The maximum atomic E-state index is 5.89. The number of thiocarbonyl (C=S) groups is 1. The molecule has 0 unspecified atom stereocenters. The first-order valence-corrected chi connectivity index (χ1v) is 7.08. The molecule has 0 spiro atoms. The highest BCUT2D eigenvalue weighted by Crippen LogP contribution is 2.23. The van der Waals surface area contributed by atoms with Crippen molar-refractivity contribution < 1.29 is 0 Å². The number of hydrogen-bond donors (Lipinski definition) is 2. The predicted octanol–water partition coefficient (Wildman–Crippen LogP) is 2.98. The maximum absolute atomic E-state index is 5.89. The van der Waals surface area contributed by atoms with Gasteiger partial charge >= 0.3 is 0 Å². The number of nitrogens with two attached hydrogens (primary N) is 1. The largest absolute Gasteiger partial charge is 0.389 e. The van der Waals surface area contributed by atoms with Crippen LogP contribution in [0.15, 0.2) is 30.3 Å². The minimum absolute atomic E-state index is 0.352. The zero-order valence-electron chi connectivity index (χ0n) is 11.7. The molecule has 0 atom stereocenters. The number of para-hydroxylation sites is 1. The van der Waals surface area contributed by atoms with Crippen LogP contribution >= 0.6 is 12.2 Å². The second-order valence-electron chi connectivity index (χ2n) is 4.41. The molecule has 0 aliphatic carbocycles. The fraction of sp³-hybridized carbons (Fsp3) is 0.267. The Labute approximate surface area is 124 Å². The van der Waals surface area contributed by atoms with E-state index < -0.39 is 0 Å². The smallest absolute Gasteiger partial charge is 0.163 e. The van der Waals surface area contributed by atoms with E-state index in [0.717, 1.165) is 35.3 Å². The van der Waals surface area contributed by atoms with Gasteiger partial charge in [-0.3, -0.25) is 0 Å². The molecule has 20 heavy (non-hydrogen) atoms. The van der Waals surface area contributed by atoms with E-state index in [0.29, 0.717) is 10.8 Å². The Kier molecular flexibility index (Phi) is 4.63. The number of nitrogens with zero attached hydrogens (tertiary/aromatic N) is 2. The third-order valence-corrected chi connectivity index (χ3v) is 3.33. The van der Waals surface area contributed by atoms with Crippen molar-refractivity contribution in [1.82, 2.24) is 10.2 Å². The second kappa shape index (κ2) is 6.43. The molecule has 0 saturated heterocycles. The standard InChI is InChI=1S/C15H18N4S/c1-3-11-12(4-2)18-19-15(13(11)14(16)20)17-10-8-6-5-7-9-10/h5-9H,3-4H2,1-2H3,(H2,16,20)(H,17,19). The van der Waals surface area contributed by atoms with E-state index in [1.54, 1.807) is 0 Å². The van der Waals surface area contributed by atoms with E-state index in [4.69, 9.17) is 18.0 Å². The van der Waals surface area contributed by atoms with E-state index in [2.05, 4.69) is 29.4 Å². The molecule has 0 radical (unpaired) electrons. The summed E-state index contributed by atoms with van der Waals surface area (Å²) in [5.41, 5.74) is 9.66. The predicted molar refractivity (Wildman–Crippen MR) is 86.4 cm³/mol. The van der Waals surface area contributed by atoms with Gasteiger partial charge in [0.2, 0.25) is 0 Å². The van der Waals surface area contributed by atoms with Gasteiger partial charge < -0.3 is 11.1 Å². The molecule has 5 heteroatoms. The number of benzene rings is 1. The first-order valence-electron chi connectivity index (χ1n) is 6.67. The third kappa shape index (κ3) is 2.93. The number of rotatable bonds is 5. The summed E-state index contributed by atoms with van der Waals surface area (Å²) in [6.07, 6.45) is 1.65. The van der Waals surface area contributed by atoms with Crippen LogP contribution in [0.1, 0.15) is 30.7 Å². The summed E-state index contributed by atoms with van der Waals surface area (Å²) in [5, 5.41) is 11.8. The molecular formula is C15H18N4S. The highest BCUT2D eigenvalue weighted by molar-refractivity contribution is 7.80. The molecule has 0 fully saturated rings. The molecule has 0 aliphatic heterocycles. The fourth-order valence-corrected chi connectivity index (χ4v) is 2.40. The molecule has 2 aromatic rings. The minimum atomic E-state index is 0.352. The Balaban J connectivity index is 2.50. The first-order chi connectivity index (χ1) is 9.67. The van der Waals surface area contributed by atoms with Crippen LogP contribution in [-0.4, -0.2) is 15.2 Å². The molecule has 1 aromatic carbocycles. The maximum Gasteiger partial charge on any atom is 0.163 e. The number of nitrogens with one attached hydrogen (secondary N) is 1. The first kappa shape index (κ1) is 14.4. The Morgan fingerprint density at radius 2 is 1.85 bits per heavy atom. The molecule has 0 saturated carbocycles. The summed E-state index contributed by atoms with van der Waals surface area (Å²) in [7, 11) is 0. The van der Waals surface area contributed by atoms with Gasteiger partial charge in [0.15, 0.2) is 5.82 Å². The Morgan fingerprint density at radius 1 is 1.15 bits per heavy atom. The van der Waals surface area contributed by atoms with Crippen molar-refractivity contribution in [2.24, 2.45) is 5.73 Å². The molecule has 1 heterocycles. The molecule has 0 bridgehead atoms. The molecule has 4 nitrogen and oxygen atoms in total. The van der Waals surface area contributed by atoms with Crippen molar-refractivity contribution in [1.29, 1.82) is 0 Å². The number of hydrogen-bond acceptors (Lipinski definition) is 4. The molecule has 104 valence electrons. The van der Waals surface area contributed by atoms with Gasteiger partial charge in [0.05, 0.1) is 11.3 Å². The van der Waals surface area contributed by atoms with Crippen LogP contribution in [0.2, 0.25) is 0 Å². The van der Waals surface area contributed by atoms with E-state index in [-0.39, 0.29) is 0 Å². The van der Waals surface area contributed by atoms with Crippen LogP contribution in [-0.2, 0) is 12.8 Å². The Hall–Kier alpha value is -2.01. The molecule has 3 N–H and O–H groups in total. The van der Waals surface area contributed by atoms with Crippen molar-refractivity contribution in [3.63, 3.8) is 0 Å². The van der Waals surface area contributed by atoms with Crippen LogP contribution in [0.4, 0.5) is 11.5 Å². The summed E-state index contributed by atoms with van der Waals surface area (Å²) in [6, 6.07) is 9.80. The molecule has 1 aromatic heterocycles. The van der Waals surface area contributed by atoms with Crippen molar-refractivity contribution in [2.45, 2.75) is 26.7 Å². The van der Waals surface area contributed by atoms with Crippen LogP contribution in [0.3, 0.4) is 0 Å². The van der Waals surface area contributed by atoms with Crippen molar-refractivity contribution in [3.05, 3.63) is 47.2 Å². The third-order valence-electron chi connectivity index (χ3n) is 3.13. The topological polar surface area (TPSA) is 63.8 Å². The quantitative estimate of drug-likeness (QED) is 0.827. The van der Waals surface area contributed by atoms with Gasteiger partial charge in [-0.25, -0.2) is 0 Å². The van der Waals surface area contributed by atoms with Crippen LogP contribution in [0, 0.1) is 0 Å². The highest BCUT2D eigenvalue weighted by atomic mass is 32.1. The molecule has 2 rings (SSSR count). The second-order valence-corrected chi connectivity index (χ2v) is 4.85. The molecule has 0 amide bonds. The lowest BCUT2D eigenvalue weighted by Gasteiger charge is -2.15.